The molecule has 1 aromatic carbocycles. The van der Waals surface area contributed by atoms with Crippen molar-refractivity contribution in [1.29, 1.82) is 0 Å². The highest BCUT2D eigenvalue weighted by atomic mass is 16.6. The van der Waals surface area contributed by atoms with Crippen molar-refractivity contribution < 1.29 is 9.47 Å². The first-order valence-corrected chi connectivity index (χ1v) is 7.15. The number of fused-ring (bicyclic) bond motifs is 1. The number of ether oxygens (including phenoxy) is 2. The number of amidine groups is 1. The molecule has 5 heteroatoms. The van der Waals surface area contributed by atoms with Crippen LogP contribution >= 0.6 is 0 Å². The lowest BCUT2D eigenvalue weighted by atomic mass is 10.2. The molecule has 20 heavy (non-hydrogen) atoms. The molecule has 1 atom stereocenters. The smallest absolute Gasteiger partial charge is 0.189 e. The van der Waals surface area contributed by atoms with Gasteiger partial charge in [0.05, 0.1) is 6.54 Å². The van der Waals surface area contributed by atoms with E-state index < -0.39 is 0 Å². The number of nitrogens with two attached hydrogens (primary N) is 1. The van der Waals surface area contributed by atoms with Gasteiger partial charge in [0, 0.05) is 6.54 Å². The van der Waals surface area contributed by atoms with Gasteiger partial charge in [0.1, 0.15) is 12.4 Å². The first kappa shape index (κ1) is 14.7. The summed E-state index contributed by atoms with van der Waals surface area (Å²) >= 11 is 0. The third kappa shape index (κ3) is 3.63. The van der Waals surface area contributed by atoms with Crippen LogP contribution in [0.15, 0.2) is 29.3 Å². The van der Waals surface area contributed by atoms with Gasteiger partial charge in [-0.3, -0.25) is 4.99 Å². The minimum Gasteiger partial charge on any atom is -0.485 e. The quantitative estimate of drug-likeness (QED) is 0.633. The number of nitrogens with zero attached hydrogens (tertiary/aromatic N) is 2. The molecular formula is C15H23N3O2. The van der Waals surface area contributed by atoms with Gasteiger partial charge in [-0.2, -0.15) is 0 Å². The summed E-state index contributed by atoms with van der Waals surface area (Å²) in [5.74, 6) is 2.00. The van der Waals surface area contributed by atoms with E-state index in [0.717, 1.165) is 31.1 Å². The van der Waals surface area contributed by atoms with E-state index in [9.17, 15) is 0 Å². The van der Waals surface area contributed by atoms with Gasteiger partial charge in [0.15, 0.2) is 17.6 Å². The van der Waals surface area contributed by atoms with E-state index in [-0.39, 0.29) is 6.10 Å². The number of hydrogen-bond donors (Lipinski definition) is 1. The summed E-state index contributed by atoms with van der Waals surface area (Å²) in [6.07, 6.45) is -0.290. The second kappa shape index (κ2) is 7.14. The van der Waals surface area contributed by atoms with Crippen molar-refractivity contribution in [2.45, 2.75) is 20.0 Å². The van der Waals surface area contributed by atoms with Gasteiger partial charge >= 0.3 is 0 Å². The fraction of sp³-hybridized carbons (Fsp3) is 0.533. The van der Waals surface area contributed by atoms with Crippen LogP contribution in [0.4, 0.5) is 0 Å². The Balaban J connectivity index is 1.89. The van der Waals surface area contributed by atoms with Crippen LogP contribution in [0.1, 0.15) is 13.8 Å². The molecule has 1 unspecified atom stereocenters. The van der Waals surface area contributed by atoms with Crippen molar-refractivity contribution >= 4 is 5.84 Å². The average molecular weight is 277 g/mol. The first-order valence-electron chi connectivity index (χ1n) is 7.15. The maximum atomic E-state index is 6.00. The maximum absolute atomic E-state index is 6.00. The number of para-hydroxylation sites is 2. The number of likely N-dealkylation sites (N-methyl/N-ethyl adjacent to an activating group) is 1. The van der Waals surface area contributed by atoms with Gasteiger partial charge in [-0.05, 0) is 25.2 Å². The molecule has 0 bridgehead atoms. The average Bonchev–Trinajstić information content (AvgIpc) is 2.51. The minimum absolute atomic E-state index is 0.290. The van der Waals surface area contributed by atoms with E-state index in [4.69, 9.17) is 15.2 Å². The Labute approximate surface area is 120 Å². The lowest BCUT2D eigenvalue weighted by Crippen LogP contribution is -2.41. The predicted molar refractivity (Wildman–Crippen MR) is 80.6 cm³/mol. The highest BCUT2D eigenvalue weighted by Gasteiger charge is 2.23. The molecule has 0 radical (unpaired) electrons. The van der Waals surface area contributed by atoms with Gasteiger partial charge in [-0.1, -0.05) is 26.0 Å². The van der Waals surface area contributed by atoms with Crippen LogP contribution in [-0.4, -0.2) is 49.6 Å². The number of benzene rings is 1. The van der Waals surface area contributed by atoms with Gasteiger partial charge in [-0.25, -0.2) is 0 Å². The summed E-state index contributed by atoms with van der Waals surface area (Å²) in [7, 11) is 0. The fourth-order valence-electron chi connectivity index (χ4n) is 2.13. The second-order valence-electron chi connectivity index (χ2n) is 4.70. The van der Waals surface area contributed by atoms with Crippen molar-refractivity contribution in [3.63, 3.8) is 0 Å². The molecule has 1 heterocycles. The van der Waals surface area contributed by atoms with Crippen molar-refractivity contribution in [2.75, 3.05) is 32.8 Å². The normalized spacial score (nSPS) is 18.4. The molecule has 0 saturated carbocycles. The number of hydrogen-bond acceptors (Lipinski definition) is 4. The van der Waals surface area contributed by atoms with Crippen molar-refractivity contribution in [3.05, 3.63) is 24.3 Å². The summed E-state index contributed by atoms with van der Waals surface area (Å²) in [5, 5.41) is 0. The van der Waals surface area contributed by atoms with Crippen LogP contribution in [-0.2, 0) is 0 Å². The van der Waals surface area contributed by atoms with Crippen molar-refractivity contribution in [3.8, 4) is 11.5 Å². The van der Waals surface area contributed by atoms with E-state index in [1.807, 2.05) is 24.3 Å². The monoisotopic (exact) mass is 277 g/mol. The Morgan fingerprint density at radius 1 is 1.30 bits per heavy atom. The van der Waals surface area contributed by atoms with Crippen molar-refractivity contribution in [1.82, 2.24) is 4.90 Å². The van der Waals surface area contributed by atoms with Crippen LogP contribution in [0.5, 0.6) is 11.5 Å². The Hall–Kier alpha value is -1.75. The molecule has 0 saturated heterocycles. The van der Waals surface area contributed by atoms with Gasteiger partial charge in [-0.15, -0.1) is 0 Å². The molecule has 1 aliphatic heterocycles. The molecule has 0 aromatic heterocycles. The maximum Gasteiger partial charge on any atom is 0.189 e. The van der Waals surface area contributed by atoms with Crippen LogP contribution in [0.25, 0.3) is 0 Å². The molecule has 1 aromatic rings. The molecule has 1 aliphatic rings. The van der Waals surface area contributed by atoms with E-state index in [0.29, 0.717) is 19.0 Å². The lowest BCUT2D eigenvalue weighted by molar-refractivity contribution is 0.134. The number of rotatable bonds is 6. The lowest BCUT2D eigenvalue weighted by Gasteiger charge is -2.26. The highest BCUT2D eigenvalue weighted by Crippen LogP contribution is 2.30. The Bertz CT molecular complexity index is 458. The zero-order valence-electron chi connectivity index (χ0n) is 12.2. The molecule has 110 valence electrons. The fourth-order valence-corrected chi connectivity index (χ4v) is 2.13. The summed E-state index contributed by atoms with van der Waals surface area (Å²) in [5.41, 5.74) is 6.00. The summed E-state index contributed by atoms with van der Waals surface area (Å²) in [6.45, 7) is 8.37. The third-order valence-electron chi connectivity index (χ3n) is 3.44. The highest BCUT2D eigenvalue weighted by molar-refractivity contribution is 5.85. The van der Waals surface area contributed by atoms with E-state index in [2.05, 4.69) is 23.7 Å². The Morgan fingerprint density at radius 2 is 2.00 bits per heavy atom. The molecule has 0 spiro atoms. The molecule has 2 N–H and O–H groups in total. The van der Waals surface area contributed by atoms with Crippen LogP contribution in [0.3, 0.4) is 0 Å². The zero-order chi connectivity index (χ0) is 14.4. The van der Waals surface area contributed by atoms with Crippen LogP contribution < -0.4 is 15.2 Å². The van der Waals surface area contributed by atoms with E-state index in [1.54, 1.807) is 0 Å². The van der Waals surface area contributed by atoms with Gasteiger partial charge in [0.25, 0.3) is 0 Å². The van der Waals surface area contributed by atoms with Crippen LogP contribution in [0, 0.1) is 0 Å². The topological polar surface area (TPSA) is 60.1 Å². The molecule has 2 rings (SSSR count). The molecule has 0 aliphatic carbocycles. The molecule has 5 nitrogen and oxygen atoms in total. The largest absolute Gasteiger partial charge is 0.485 e. The van der Waals surface area contributed by atoms with E-state index in [1.165, 1.54) is 0 Å². The summed E-state index contributed by atoms with van der Waals surface area (Å²) < 4.78 is 11.4. The Kier molecular flexibility index (Phi) is 5.24. The third-order valence-corrected chi connectivity index (χ3v) is 3.44. The minimum atomic E-state index is -0.290. The zero-order valence-corrected chi connectivity index (χ0v) is 12.2. The first-order chi connectivity index (χ1) is 9.74. The van der Waals surface area contributed by atoms with Gasteiger partial charge < -0.3 is 20.1 Å². The Morgan fingerprint density at radius 3 is 2.70 bits per heavy atom. The van der Waals surface area contributed by atoms with Crippen LogP contribution in [0.2, 0.25) is 0 Å². The van der Waals surface area contributed by atoms with Crippen molar-refractivity contribution in [2.24, 2.45) is 10.7 Å². The molecular weight excluding hydrogens is 254 g/mol. The summed E-state index contributed by atoms with van der Waals surface area (Å²) in [6, 6.07) is 7.60. The van der Waals surface area contributed by atoms with E-state index >= 15 is 0 Å². The second-order valence-corrected chi connectivity index (χ2v) is 4.70. The predicted octanol–water partition coefficient (Wildman–Crippen LogP) is 1.53. The molecule has 0 fully saturated rings. The standard InChI is InChI=1S/C15H23N3O2/c1-3-18(4-2)10-9-17-15(16)14-11-19-12-7-5-6-8-13(12)20-14/h5-8,14H,3-4,9-11H2,1-2H3,(H2,16,17). The molecule has 0 amide bonds. The SMILES string of the molecule is CCN(CC)CCN=C(N)C1COc2ccccc2O1. The number of aliphatic imine (C=N–C) groups is 1. The van der Waals surface area contributed by atoms with Gasteiger partial charge in [0.2, 0.25) is 0 Å². The summed E-state index contributed by atoms with van der Waals surface area (Å²) in [4.78, 5) is 6.71.